The number of benzene rings is 2. The van der Waals surface area contributed by atoms with Gasteiger partial charge in [-0.3, -0.25) is 9.59 Å². The smallest absolute Gasteiger partial charge is 0.336 e. The fraction of sp³-hybridized carbons (Fsp3) is 0.150. The van der Waals surface area contributed by atoms with Crippen LogP contribution in [0.2, 0.25) is 0 Å². The molecular weight excluding hydrogens is 380 g/mol. The van der Waals surface area contributed by atoms with Crippen molar-refractivity contribution in [3.05, 3.63) is 65.4 Å². The Hall–Kier alpha value is -3.26. The van der Waals surface area contributed by atoms with Gasteiger partial charge in [-0.25, -0.2) is 4.79 Å². The van der Waals surface area contributed by atoms with E-state index < -0.39 is 0 Å². The molecule has 7 nitrogen and oxygen atoms in total. The van der Waals surface area contributed by atoms with Gasteiger partial charge >= 0.3 is 5.97 Å². The van der Waals surface area contributed by atoms with Crippen molar-refractivity contribution < 1.29 is 23.9 Å². The zero-order valence-electron chi connectivity index (χ0n) is 15.1. The molecule has 0 atom stereocenters. The third-order valence-corrected chi connectivity index (χ3v) is 5.04. The van der Waals surface area contributed by atoms with Gasteiger partial charge in [0.15, 0.2) is 5.75 Å². The van der Waals surface area contributed by atoms with Crippen LogP contribution in [0.25, 0.3) is 0 Å². The maximum atomic E-state index is 12.8. The van der Waals surface area contributed by atoms with E-state index in [9.17, 15) is 14.4 Å². The number of thioether (sulfide) groups is 1. The highest BCUT2D eigenvalue weighted by Crippen LogP contribution is 2.29. The predicted molar refractivity (Wildman–Crippen MR) is 108 cm³/mol. The molecule has 3 rings (SSSR count). The van der Waals surface area contributed by atoms with Crippen LogP contribution in [0.1, 0.15) is 10.4 Å². The Morgan fingerprint density at radius 1 is 1.04 bits per heavy atom. The molecule has 0 unspecified atom stereocenters. The molecule has 8 heteroatoms. The highest BCUT2D eigenvalue weighted by atomic mass is 32.2. The SMILES string of the molecule is COC(=O)C1=C(Nc2ccccc2C(=O)Nc2ccccc2OC=O)CSC1. The Bertz CT molecular complexity index is 942. The summed E-state index contributed by atoms with van der Waals surface area (Å²) in [6, 6.07) is 13.6. The summed E-state index contributed by atoms with van der Waals surface area (Å²) in [5, 5.41) is 5.94. The van der Waals surface area contributed by atoms with Gasteiger partial charge in [0.05, 0.1) is 29.6 Å². The van der Waals surface area contributed by atoms with Gasteiger partial charge in [0.1, 0.15) is 0 Å². The fourth-order valence-electron chi connectivity index (χ4n) is 2.71. The molecule has 1 aliphatic heterocycles. The van der Waals surface area contributed by atoms with E-state index in [1.165, 1.54) is 7.11 Å². The van der Waals surface area contributed by atoms with Crippen LogP contribution in [0.15, 0.2) is 59.8 Å². The van der Waals surface area contributed by atoms with E-state index in [1.807, 2.05) is 0 Å². The van der Waals surface area contributed by atoms with Gasteiger partial charge < -0.3 is 20.1 Å². The lowest BCUT2D eigenvalue weighted by molar-refractivity contribution is -0.136. The van der Waals surface area contributed by atoms with E-state index in [2.05, 4.69) is 10.6 Å². The Balaban J connectivity index is 1.85. The molecule has 0 saturated carbocycles. The number of para-hydroxylation sites is 3. The third-order valence-electron chi connectivity index (χ3n) is 4.06. The van der Waals surface area contributed by atoms with E-state index in [4.69, 9.17) is 9.47 Å². The summed E-state index contributed by atoms with van der Waals surface area (Å²) < 4.78 is 9.72. The molecule has 0 saturated heterocycles. The van der Waals surface area contributed by atoms with Crippen LogP contribution in [0.5, 0.6) is 5.75 Å². The summed E-state index contributed by atoms with van der Waals surface area (Å²) in [5.74, 6) is 0.667. The summed E-state index contributed by atoms with van der Waals surface area (Å²) >= 11 is 1.59. The Morgan fingerprint density at radius 3 is 2.50 bits per heavy atom. The topological polar surface area (TPSA) is 93.7 Å². The van der Waals surface area contributed by atoms with Crippen molar-refractivity contribution in [1.29, 1.82) is 0 Å². The molecule has 0 radical (unpaired) electrons. The predicted octanol–water partition coefficient (Wildman–Crippen LogP) is 3.06. The summed E-state index contributed by atoms with van der Waals surface area (Å²) in [6.45, 7) is 0.305. The standard InChI is InChI=1S/C20H18N2O5S/c1-26-20(25)14-10-28-11-17(14)21-15-7-3-2-6-13(15)19(24)22-16-8-4-5-9-18(16)27-12-23/h2-9,12,21H,10-11H2,1H3,(H,22,24). The number of esters is 1. The van der Waals surface area contributed by atoms with Crippen molar-refractivity contribution in [2.24, 2.45) is 0 Å². The molecule has 28 heavy (non-hydrogen) atoms. The van der Waals surface area contributed by atoms with Gasteiger partial charge in [-0.15, -0.1) is 0 Å². The van der Waals surface area contributed by atoms with E-state index in [0.29, 0.717) is 40.5 Å². The molecule has 1 amide bonds. The average Bonchev–Trinajstić information content (AvgIpc) is 3.17. The number of nitrogens with one attached hydrogen (secondary N) is 2. The molecular formula is C20H18N2O5S. The Labute approximate surface area is 166 Å². The molecule has 0 aromatic heterocycles. The number of hydrogen-bond acceptors (Lipinski definition) is 7. The molecule has 2 N–H and O–H groups in total. The highest BCUT2D eigenvalue weighted by Gasteiger charge is 2.23. The van der Waals surface area contributed by atoms with Crippen molar-refractivity contribution in [2.45, 2.75) is 0 Å². The normalized spacial score (nSPS) is 13.0. The van der Waals surface area contributed by atoms with E-state index in [1.54, 1.807) is 60.3 Å². The van der Waals surface area contributed by atoms with Crippen LogP contribution < -0.4 is 15.4 Å². The average molecular weight is 398 g/mol. The molecule has 0 spiro atoms. The minimum atomic E-state index is -0.380. The van der Waals surface area contributed by atoms with Gasteiger partial charge in [0.25, 0.3) is 12.4 Å². The number of anilines is 2. The number of carbonyl (C=O) groups excluding carboxylic acids is 3. The first-order chi connectivity index (χ1) is 13.6. The van der Waals surface area contributed by atoms with Gasteiger partial charge in [0, 0.05) is 17.2 Å². The number of carbonyl (C=O) groups is 3. The van der Waals surface area contributed by atoms with Crippen LogP contribution in [-0.2, 0) is 14.3 Å². The Morgan fingerprint density at radius 2 is 1.75 bits per heavy atom. The minimum absolute atomic E-state index is 0.249. The second-order valence-corrected chi connectivity index (χ2v) is 6.76. The lowest BCUT2D eigenvalue weighted by Gasteiger charge is -2.14. The lowest BCUT2D eigenvalue weighted by atomic mass is 10.1. The molecule has 0 bridgehead atoms. The molecule has 1 aliphatic rings. The monoisotopic (exact) mass is 398 g/mol. The third kappa shape index (κ3) is 4.34. The first-order valence-electron chi connectivity index (χ1n) is 8.39. The molecule has 0 fully saturated rings. The largest absolute Gasteiger partial charge is 0.466 e. The van der Waals surface area contributed by atoms with E-state index in [0.717, 1.165) is 5.70 Å². The molecule has 0 aliphatic carbocycles. The van der Waals surface area contributed by atoms with Crippen LogP contribution in [-0.4, -0.2) is 37.0 Å². The zero-order valence-corrected chi connectivity index (χ0v) is 15.9. The van der Waals surface area contributed by atoms with Gasteiger partial charge in [-0.2, -0.15) is 11.8 Å². The quantitative estimate of drug-likeness (QED) is 0.547. The number of hydrogen-bond donors (Lipinski definition) is 2. The summed E-state index contributed by atoms with van der Waals surface area (Å²) in [4.78, 5) is 35.4. The summed E-state index contributed by atoms with van der Waals surface area (Å²) in [7, 11) is 1.34. The molecule has 144 valence electrons. The zero-order chi connectivity index (χ0) is 19.9. The summed E-state index contributed by atoms with van der Waals surface area (Å²) in [5.41, 5.74) is 2.61. The molecule has 2 aromatic rings. The number of methoxy groups -OCH3 is 1. The van der Waals surface area contributed by atoms with Crippen LogP contribution in [0.3, 0.4) is 0 Å². The number of amides is 1. The van der Waals surface area contributed by atoms with Crippen molar-refractivity contribution in [3.63, 3.8) is 0 Å². The lowest BCUT2D eigenvalue weighted by Crippen LogP contribution is -2.17. The van der Waals surface area contributed by atoms with Crippen molar-refractivity contribution in [2.75, 3.05) is 29.2 Å². The maximum absolute atomic E-state index is 12.8. The Kier molecular flexibility index (Phi) is 6.33. The molecule has 1 heterocycles. The van der Waals surface area contributed by atoms with Gasteiger partial charge in [-0.1, -0.05) is 24.3 Å². The first kappa shape index (κ1) is 19.5. The van der Waals surface area contributed by atoms with Gasteiger partial charge in [0.2, 0.25) is 0 Å². The van der Waals surface area contributed by atoms with E-state index >= 15 is 0 Å². The van der Waals surface area contributed by atoms with Crippen LogP contribution in [0, 0.1) is 0 Å². The number of ether oxygens (including phenoxy) is 2. The highest BCUT2D eigenvalue weighted by molar-refractivity contribution is 8.00. The van der Waals surface area contributed by atoms with E-state index in [-0.39, 0.29) is 17.6 Å². The molecule has 2 aromatic carbocycles. The minimum Gasteiger partial charge on any atom is -0.466 e. The van der Waals surface area contributed by atoms with Crippen molar-refractivity contribution in [3.8, 4) is 5.75 Å². The second kappa shape index (κ2) is 9.09. The maximum Gasteiger partial charge on any atom is 0.336 e. The first-order valence-corrected chi connectivity index (χ1v) is 9.54. The van der Waals surface area contributed by atoms with Gasteiger partial charge in [-0.05, 0) is 24.3 Å². The second-order valence-electron chi connectivity index (χ2n) is 5.78. The number of rotatable bonds is 7. The fourth-order valence-corrected chi connectivity index (χ4v) is 3.76. The van der Waals surface area contributed by atoms with Crippen molar-refractivity contribution >= 4 is 41.5 Å². The summed E-state index contributed by atoms with van der Waals surface area (Å²) in [6.07, 6.45) is 0. The van der Waals surface area contributed by atoms with Crippen molar-refractivity contribution in [1.82, 2.24) is 0 Å². The van der Waals surface area contributed by atoms with Crippen LogP contribution >= 0.6 is 11.8 Å². The van der Waals surface area contributed by atoms with Crippen LogP contribution in [0.4, 0.5) is 11.4 Å².